The molecule has 0 spiro atoms. The summed E-state index contributed by atoms with van der Waals surface area (Å²) in [5.41, 5.74) is 5.38. The van der Waals surface area contributed by atoms with Crippen LogP contribution in [0.25, 0.3) is 0 Å². The van der Waals surface area contributed by atoms with Crippen molar-refractivity contribution >= 4 is 19.8 Å². The van der Waals surface area contributed by atoms with Crippen molar-refractivity contribution in [1.29, 1.82) is 0 Å². The first-order valence-electron chi connectivity index (χ1n) is 29.6. The standard InChI is InChI=1S/C62H110NO8P/c1-3-5-7-9-11-13-15-17-19-21-23-25-27-29-31-32-34-36-38-40-42-44-46-48-50-52-54-61(64)68-58-60(59-70-72(66,67)69-57-56-63)71-62(65)55-53-51-49-47-45-43-41-39-37-35-33-30-28-26-24-22-20-18-16-14-12-10-8-6-4-2/h6,8,12,14,18,20,24,26,30,33,37,39,43,45,60H,3-5,7,9-11,13,15-17,19,21-23,25,27-29,31-32,34-36,38,40-42,44,46-59,63H2,1-2H3,(H,66,67)/b8-6-,14-12-,20-18-,26-24-,33-30-,39-37-,45-43-. The Kier molecular flexibility index (Phi) is 55.2. The fourth-order valence-corrected chi connectivity index (χ4v) is 8.97. The predicted molar refractivity (Wildman–Crippen MR) is 307 cm³/mol. The van der Waals surface area contributed by atoms with Gasteiger partial charge in [0, 0.05) is 19.4 Å². The van der Waals surface area contributed by atoms with Crippen molar-refractivity contribution in [2.45, 2.75) is 270 Å². The van der Waals surface area contributed by atoms with E-state index in [0.717, 1.165) is 83.5 Å². The molecule has 0 saturated heterocycles. The summed E-state index contributed by atoms with van der Waals surface area (Å²) in [6.45, 7) is 3.62. The van der Waals surface area contributed by atoms with Crippen LogP contribution in [0.1, 0.15) is 264 Å². The molecule has 0 aliphatic rings. The summed E-state index contributed by atoms with van der Waals surface area (Å²) in [4.78, 5) is 35.2. The number of ether oxygens (including phenoxy) is 2. The fraction of sp³-hybridized carbons (Fsp3) is 0.742. The van der Waals surface area contributed by atoms with Crippen molar-refractivity contribution in [2.24, 2.45) is 5.73 Å². The van der Waals surface area contributed by atoms with Crippen molar-refractivity contribution < 1.29 is 37.6 Å². The molecule has 0 fully saturated rings. The Labute approximate surface area is 443 Å². The molecule has 0 aromatic carbocycles. The smallest absolute Gasteiger partial charge is 0.462 e. The van der Waals surface area contributed by atoms with Gasteiger partial charge in [0.15, 0.2) is 6.10 Å². The molecule has 0 aromatic rings. The molecule has 2 atom stereocenters. The Balaban J connectivity index is 4.03. The maximum Gasteiger partial charge on any atom is 0.472 e. The number of allylic oxidation sites excluding steroid dienone is 14. The third kappa shape index (κ3) is 56.5. The SMILES string of the molecule is CC/C=C\C/C=C\C/C=C\C/C=C\C/C=C\C/C=C\C/C=C\CCCCCC(=O)OC(COC(=O)CCCCCCCCCCCCCCCCCCCCCCCCCCCC)COP(=O)(O)OCCN. The first kappa shape index (κ1) is 69.2. The first-order chi connectivity index (χ1) is 35.3. The minimum absolute atomic E-state index is 0.0445. The molecule has 3 N–H and O–H groups in total. The molecule has 0 saturated carbocycles. The topological polar surface area (TPSA) is 134 Å². The summed E-state index contributed by atoms with van der Waals surface area (Å²) in [5.74, 6) is -0.861. The van der Waals surface area contributed by atoms with Crippen molar-refractivity contribution in [3.63, 3.8) is 0 Å². The molecular weight excluding hydrogens is 918 g/mol. The summed E-state index contributed by atoms with van der Waals surface area (Å²) < 4.78 is 33.0. The number of hydrogen-bond donors (Lipinski definition) is 2. The maximum atomic E-state index is 12.7. The fourth-order valence-electron chi connectivity index (χ4n) is 8.21. The first-order valence-corrected chi connectivity index (χ1v) is 31.1. The third-order valence-corrected chi connectivity index (χ3v) is 13.5. The van der Waals surface area contributed by atoms with Crippen LogP contribution in [0.5, 0.6) is 0 Å². The highest BCUT2D eigenvalue weighted by Crippen LogP contribution is 2.43. The Morgan fingerprint density at radius 1 is 0.431 bits per heavy atom. The minimum Gasteiger partial charge on any atom is -0.462 e. The summed E-state index contributed by atoms with van der Waals surface area (Å²) >= 11 is 0. The van der Waals surface area contributed by atoms with E-state index in [0.29, 0.717) is 6.42 Å². The van der Waals surface area contributed by atoms with Crippen molar-refractivity contribution in [3.8, 4) is 0 Å². The number of unbranched alkanes of at least 4 members (excludes halogenated alkanes) is 28. The molecular formula is C62H110NO8P. The van der Waals surface area contributed by atoms with E-state index in [1.54, 1.807) is 0 Å². The van der Waals surface area contributed by atoms with E-state index in [-0.39, 0.29) is 38.6 Å². The van der Waals surface area contributed by atoms with Gasteiger partial charge in [0.25, 0.3) is 0 Å². The van der Waals surface area contributed by atoms with Crippen LogP contribution < -0.4 is 5.73 Å². The van der Waals surface area contributed by atoms with Crippen LogP contribution in [0, 0.1) is 0 Å². The van der Waals surface area contributed by atoms with Gasteiger partial charge in [0.05, 0.1) is 13.2 Å². The zero-order valence-corrected chi connectivity index (χ0v) is 47.3. The zero-order chi connectivity index (χ0) is 52.4. The van der Waals surface area contributed by atoms with E-state index in [2.05, 4.69) is 98.9 Å². The summed E-state index contributed by atoms with van der Waals surface area (Å²) in [6, 6.07) is 0. The molecule has 2 unspecified atom stereocenters. The third-order valence-electron chi connectivity index (χ3n) is 12.5. The molecule has 0 radical (unpaired) electrons. The quantitative estimate of drug-likeness (QED) is 0.0264. The van der Waals surface area contributed by atoms with E-state index in [1.165, 1.54) is 148 Å². The molecule has 416 valence electrons. The van der Waals surface area contributed by atoms with Crippen LogP contribution in [0.15, 0.2) is 85.1 Å². The van der Waals surface area contributed by atoms with E-state index < -0.39 is 26.5 Å². The van der Waals surface area contributed by atoms with E-state index in [9.17, 15) is 19.0 Å². The molecule has 0 rings (SSSR count). The Morgan fingerprint density at radius 3 is 1.14 bits per heavy atom. The van der Waals surface area contributed by atoms with Crippen LogP contribution in [0.4, 0.5) is 0 Å². The molecule has 0 aliphatic heterocycles. The Bertz CT molecular complexity index is 1450. The van der Waals surface area contributed by atoms with Gasteiger partial charge >= 0.3 is 19.8 Å². The van der Waals surface area contributed by atoms with E-state index in [1.807, 2.05) is 0 Å². The lowest BCUT2D eigenvalue weighted by molar-refractivity contribution is -0.161. The highest BCUT2D eigenvalue weighted by molar-refractivity contribution is 7.47. The van der Waals surface area contributed by atoms with Crippen molar-refractivity contribution in [2.75, 3.05) is 26.4 Å². The number of phosphoric acid groups is 1. The Hall–Kier alpha value is -2.81. The van der Waals surface area contributed by atoms with Crippen LogP contribution >= 0.6 is 7.82 Å². The van der Waals surface area contributed by atoms with Gasteiger partial charge < -0.3 is 20.1 Å². The van der Waals surface area contributed by atoms with Crippen LogP contribution in [-0.4, -0.2) is 49.3 Å². The highest BCUT2D eigenvalue weighted by Gasteiger charge is 2.26. The molecule has 9 nitrogen and oxygen atoms in total. The number of nitrogens with two attached hydrogens (primary N) is 1. The van der Waals surface area contributed by atoms with Gasteiger partial charge in [-0.15, -0.1) is 0 Å². The van der Waals surface area contributed by atoms with Crippen LogP contribution in [-0.2, 0) is 32.7 Å². The molecule has 0 aromatic heterocycles. The number of esters is 2. The largest absolute Gasteiger partial charge is 0.472 e. The van der Waals surface area contributed by atoms with Gasteiger partial charge in [-0.2, -0.15) is 0 Å². The zero-order valence-electron chi connectivity index (χ0n) is 46.4. The predicted octanol–water partition coefficient (Wildman–Crippen LogP) is 18.7. The van der Waals surface area contributed by atoms with Crippen molar-refractivity contribution in [1.82, 2.24) is 0 Å². The van der Waals surface area contributed by atoms with Gasteiger partial charge in [0.2, 0.25) is 0 Å². The number of carbonyl (C=O) groups excluding carboxylic acids is 2. The lowest BCUT2D eigenvalue weighted by Gasteiger charge is -2.19. The summed E-state index contributed by atoms with van der Waals surface area (Å²) in [6.07, 6.45) is 75.0. The van der Waals surface area contributed by atoms with E-state index in [4.69, 9.17) is 24.3 Å². The average Bonchev–Trinajstić information content (AvgIpc) is 3.37. The molecule has 0 bridgehead atoms. The second-order valence-corrected chi connectivity index (χ2v) is 20.9. The summed E-state index contributed by atoms with van der Waals surface area (Å²) in [5, 5.41) is 0. The number of phosphoric ester groups is 1. The molecule has 72 heavy (non-hydrogen) atoms. The molecule has 10 heteroatoms. The number of rotatable bonds is 55. The van der Waals surface area contributed by atoms with Crippen molar-refractivity contribution in [3.05, 3.63) is 85.1 Å². The van der Waals surface area contributed by atoms with Crippen LogP contribution in [0.2, 0.25) is 0 Å². The highest BCUT2D eigenvalue weighted by atomic mass is 31.2. The van der Waals surface area contributed by atoms with Gasteiger partial charge in [-0.3, -0.25) is 18.6 Å². The van der Waals surface area contributed by atoms with Gasteiger partial charge in [-0.25, -0.2) is 4.57 Å². The lowest BCUT2D eigenvalue weighted by Crippen LogP contribution is -2.29. The van der Waals surface area contributed by atoms with Gasteiger partial charge in [-0.05, 0) is 70.6 Å². The van der Waals surface area contributed by atoms with Gasteiger partial charge in [0.1, 0.15) is 6.61 Å². The van der Waals surface area contributed by atoms with Crippen LogP contribution in [0.3, 0.4) is 0 Å². The molecule has 0 aliphatic carbocycles. The normalized spacial score (nSPS) is 13.7. The minimum atomic E-state index is -4.40. The molecule has 0 heterocycles. The number of carbonyl (C=O) groups is 2. The Morgan fingerprint density at radius 2 is 0.764 bits per heavy atom. The second-order valence-electron chi connectivity index (χ2n) is 19.5. The average molecular weight is 1030 g/mol. The molecule has 0 amide bonds. The van der Waals surface area contributed by atoms with Gasteiger partial charge in [-0.1, -0.05) is 266 Å². The maximum absolute atomic E-state index is 12.7. The monoisotopic (exact) mass is 1030 g/mol. The second kappa shape index (κ2) is 57.5. The summed E-state index contributed by atoms with van der Waals surface area (Å²) in [7, 11) is -4.40. The lowest BCUT2D eigenvalue weighted by atomic mass is 10.0. The van der Waals surface area contributed by atoms with E-state index >= 15 is 0 Å². The number of hydrogen-bond acceptors (Lipinski definition) is 8.